The molecular weight excluding hydrogens is 306 g/mol. The molecule has 1 aliphatic carbocycles. The van der Waals surface area contributed by atoms with Crippen molar-refractivity contribution in [1.29, 1.82) is 0 Å². The van der Waals surface area contributed by atoms with E-state index in [1.165, 1.54) is 34.5 Å². The van der Waals surface area contributed by atoms with Gasteiger partial charge in [-0.2, -0.15) is 0 Å². The molecular formula is C18H21N3OS. The van der Waals surface area contributed by atoms with Gasteiger partial charge < -0.3 is 5.32 Å². The molecule has 0 radical (unpaired) electrons. The van der Waals surface area contributed by atoms with E-state index in [4.69, 9.17) is 0 Å². The molecule has 2 aliphatic rings. The molecule has 2 aromatic rings. The molecule has 0 saturated carbocycles. The Morgan fingerprint density at radius 3 is 2.87 bits per heavy atom. The van der Waals surface area contributed by atoms with Gasteiger partial charge in [0.1, 0.15) is 0 Å². The molecule has 4 rings (SSSR count). The van der Waals surface area contributed by atoms with Gasteiger partial charge in [-0.05, 0) is 43.2 Å². The quantitative estimate of drug-likeness (QED) is 0.942. The number of thiazole rings is 1. The number of aromatic nitrogens is 1. The number of fused-ring (bicyclic) bond motifs is 2. The number of nitrogens with one attached hydrogen (secondary N) is 1. The van der Waals surface area contributed by atoms with Gasteiger partial charge in [-0.1, -0.05) is 24.3 Å². The predicted octanol–water partition coefficient (Wildman–Crippen LogP) is 3.02. The first-order valence-corrected chi connectivity index (χ1v) is 9.17. The molecule has 120 valence electrons. The average molecular weight is 327 g/mol. The minimum absolute atomic E-state index is 0.0514. The zero-order valence-electron chi connectivity index (χ0n) is 13.2. The van der Waals surface area contributed by atoms with Crippen LogP contribution in [-0.2, 0) is 30.6 Å². The molecule has 0 atom stereocenters. The Balaban J connectivity index is 1.36. The lowest BCUT2D eigenvalue weighted by Gasteiger charge is -2.27. The van der Waals surface area contributed by atoms with E-state index in [2.05, 4.69) is 39.5 Å². The summed E-state index contributed by atoms with van der Waals surface area (Å²) in [6.07, 6.45) is 5.67. The van der Waals surface area contributed by atoms with E-state index in [9.17, 15) is 4.79 Å². The summed E-state index contributed by atoms with van der Waals surface area (Å²) in [6.45, 7) is 2.25. The molecule has 1 aromatic heterocycles. The van der Waals surface area contributed by atoms with Gasteiger partial charge in [-0.15, -0.1) is 11.3 Å². The largest absolute Gasteiger partial charge is 0.301 e. The topological polar surface area (TPSA) is 45.2 Å². The summed E-state index contributed by atoms with van der Waals surface area (Å²) in [5, 5.41) is 3.77. The molecule has 0 bridgehead atoms. The molecule has 5 heteroatoms. The third-order valence-electron chi connectivity index (χ3n) is 4.67. The number of anilines is 1. The minimum atomic E-state index is 0.0514. The third-order valence-corrected chi connectivity index (χ3v) is 5.74. The van der Waals surface area contributed by atoms with Crippen LogP contribution in [0.1, 0.15) is 34.5 Å². The summed E-state index contributed by atoms with van der Waals surface area (Å²) >= 11 is 1.65. The van der Waals surface area contributed by atoms with Crippen LogP contribution in [0.4, 0.5) is 5.13 Å². The average Bonchev–Trinajstić information content (AvgIpc) is 2.96. The standard InChI is InChI=1S/C18H21N3OS/c22-17(20-18-19-15-7-3-4-8-16(15)23-18)12-21-10-9-13-5-1-2-6-14(13)11-21/h1-2,5-6H,3-4,7-12H2,(H,19,20,22). The second-order valence-corrected chi connectivity index (χ2v) is 7.46. The summed E-state index contributed by atoms with van der Waals surface area (Å²) in [5.74, 6) is 0.0514. The fourth-order valence-electron chi connectivity index (χ4n) is 3.46. The van der Waals surface area contributed by atoms with Crippen molar-refractivity contribution in [3.63, 3.8) is 0 Å². The normalized spacial score (nSPS) is 17.4. The van der Waals surface area contributed by atoms with Gasteiger partial charge in [0, 0.05) is 18.0 Å². The number of aryl methyl sites for hydroxylation is 2. The molecule has 23 heavy (non-hydrogen) atoms. The number of rotatable bonds is 3. The van der Waals surface area contributed by atoms with Gasteiger partial charge in [0.2, 0.25) is 5.91 Å². The highest BCUT2D eigenvalue weighted by atomic mass is 32.1. The molecule has 0 unspecified atom stereocenters. The van der Waals surface area contributed by atoms with Crippen LogP contribution >= 0.6 is 11.3 Å². The lowest BCUT2D eigenvalue weighted by atomic mass is 10.00. The summed E-state index contributed by atoms with van der Waals surface area (Å²) < 4.78 is 0. The lowest BCUT2D eigenvalue weighted by Crippen LogP contribution is -2.37. The number of carbonyl (C=O) groups is 1. The van der Waals surface area contributed by atoms with Crippen LogP contribution in [0.2, 0.25) is 0 Å². The second kappa shape index (κ2) is 6.42. The number of benzene rings is 1. The Labute approximate surface area is 140 Å². The lowest BCUT2D eigenvalue weighted by molar-refractivity contribution is -0.117. The summed E-state index contributed by atoms with van der Waals surface area (Å²) in [6, 6.07) is 8.51. The molecule has 1 N–H and O–H groups in total. The van der Waals surface area contributed by atoms with Crippen LogP contribution in [-0.4, -0.2) is 28.9 Å². The van der Waals surface area contributed by atoms with E-state index < -0.39 is 0 Å². The van der Waals surface area contributed by atoms with Crippen molar-refractivity contribution in [2.24, 2.45) is 0 Å². The van der Waals surface area contributed by atoms with Crippen LogP contribution in [0, 0.1) is 0 Å². The molecule has 2 heterocycles. The maximum atomic E-state index is 12.3. The van der Waals surface area contributed by atoms with Crippen molar-refractivity contribution in [1.82, 2.24) is 9.88 Å². The minimum Gasteiger partial charge on any atom is -0.301 e. The fourth-order valence-corrected chi connectivity index (χ4v) is 4.52. The van der Waals surface area contributed by atoms with E-state index in [0.29, 0.717) is 6.54 Å². The first-order valence-electron chi connectivity index (χ1n) is 8.35. The SMILES string of the molecule is O=C(CN1CCc2ccccc2C1)Nc1nc2c(s1)CCCC2. The molecule has 1 amide bonds. The number of amides is 1. The first-order chi connectivity index (χ1) is 11.3. The Hall–Kier alpha value is -1.72. The Morgan fingerprint density at radius 2 is 2.00 bits per heavy atom. The van der Waals surface area contributed by atoms with Gasteiger partial charge in [-0.25, -0.2) is 4.98 Å². The second-order valence-electron chi connectivity index (χ2n) is 6.37. The first kappa shape index (κ1) is 14.8. The van der Waals surface area contributed by atoms with Crippen LogP contribution < -0.4 is 5.32 Å². The van der Waals surface area contributed by atoms with Gasteiger partial charge in [0.25, 0.3) is 0 Å². The number of hydrogen-bond acceptors (Lipinski definition) is 4. The Kier molecular flexibility index (Phi) is 4.14. The Morgan fingerprint density at radius 1 is 1.17 bits per heavy atom. The van der Waals surface area contributed by atoms with Crippen LogP contribution in [0.3, 0.4) is 0 Å². The van der Waals surface area contributed by atoms with Crippen LogP contribution in [0.25, 0.3) is 0 Å². The molecule has 1 aromatic carbocycles. The van der Waals surface area contributed by atoms with Crippen molar-refractivity contribution in [2.75, 3.05) is 18.4 Å². The highest BCUT2D eigenvalue weighted by Gasteiger charge is 2.20. The van der Waals surface area contributed by atoms with E-state index in [1.807, 2.05) is 0 Å². The van der Waals surface area contributed by atoms with Crippen molar-refractivity contribution in [2.45, 2.75) is 38.6 Å². The van der Waals surface area contributed by atoms with E-state index in [1.54, 1.807) is 11.3 Å². The highest BCUT2D eigenvalue weighted by molar-refractivity contribution is 7.15. The van der Waals surface area contributed by atoms with Crippen LogP contribution in [0.5, 0.6) is 0 Å². The van der Waals surface area contributed by atoms with Crippen molar-refractivity contribution in [3.05, 3.63) is 46.0 Å². The smallest absolute Gasteiger partial charge is 0.240 e. The summed E-state index contributed by atoms with van der Waals surface area (Å²) in [5.41, 5.74) is 3.96. The van der Waals surface area contributed by atoms with E-state index in [0.717, 1.165) is 37.5 Å². The monoisotopic (exact) mass is 327 g/mol. The predicted molar refractivity (Wildman–Crippen MR) is 92.8 cm³/mol. The zero-order valence-corrected chi connectivity index (χ0v) is 14.0. The van der Waals surface area contributed by atoms with Gasteiger partial charge >= 0.3 is 0 Å². The maximum Gasteiger partial charge on any atom is 0.240 e. The van der Waals surface area contributed by atoms with Gasteiger partial charge in [0.05, 0.1) is 12.2 Å². The number of nitrogens with zero attached hydrogens (tertiary/aromatic N) is 2. The van der Waals surface area contributed by atoms with Crippen LogP contribution in [0.15, 0.2) is 24.3 Å². The van der Waals surface area contributed by atoms with Crippen molar-refractivity contribution < 1.29 is 4.79 Å². The van der Waals surface area contributed by atoms with Gasteiger partial charge in [-0.3, -0.25) is 9.69 Å². The molecule has 0 saturated heterocycles. The van der Waals surface area contributed by atoms with Crippen molar-refractivity contribution in [3.8, 4) is 0 Å². The van der Waals surface area contributed by atoms with Crippen molar-refractivity contribution >= 4 is 22.4 Å². The molecule has 0 spiro atoms. The molecule has 4 nitrogen and oxygen atoms in total. The Bertz CT molecular complexity index is 701. The fraction of sp³-hybridized carbons (Fsp3) is 0.444. The number of hydrogen-bond donors (Lipinski definition) is 1. The maximum absolute atomic E-state index is 12.3. The third kappa shape index (κ3) is 3.31. The number of carbonyl (C=O) groups excluding carboxylic acids is 1. The zero-order chi connectivity index (χ0) is 15.6. The summed E-state index contributed by atoms with van der Waals surface area (Å²) in [4.78, 5) is 20.5. The van der Waals surface area contributed by atoms with E-state index in [-0.39, 0.29) is 5.91 Å². The molecule has 1 aliphatic heterocycles. The molecule has 0 fully saturated rings. The van der Waals surface area contributed by atoms with Gasteiger partial charge in [0.15, 0.2) is 5.13 Å². The summed E-state index contributed by atoms with van der Waals surface area (Å²) in [7, 11) is 0. The van der Waals surface area contributed by atoms with E-state index >= 15 is 0 Å². The highest BCUT2D eigenvalue weighted by Crippen LogP contribution is 2.29.